The molecule has 0 aliphatic rings. The molecule has 0 atom stereocenters. The number of hydrogen-bond donors (Lipinski definition) is 1. The van der Waals surface area contributed by atoms with Crippen molar-refractivity contribution in [2.24, 2.45) is 0 Å². The molecule has 17 heavy (non-hydrogen) atoms. The number of nitrogens with zero attached hydrogens (tertiary/aromatic N) is 2. The minimum atomic E-state index is 0.512. The predicted octanol–water partition coefficient (Wildman–Crippen LogP) is 3.70. The van der Waals surface area contributed by atoms with Crippen molar-refractivity contribution in [3.8, 4) is 0 Å². The van der Waals surface area contributed by atoms with E-state index in [-0.39, 0.29) is 0 Å². The largest absolute Gasteiger partial charge is 0.365 e. The van der Waals surface area contributed by atoms with Crippen molar-refractivity contribution in [3.05, 3.63) is 51.9 Å². The second-order valence-electron chi connectivity index (χ2n) is 3.65. The molecule has 0 saturated heterocycles. The fraction of sp³-hybridized carbons (Fsp3) is 0.167. The van der Waals surface area contributed by atoms with Crippen molar-refractivity contribution >= 4 is 29.0 Å². The van der Waals surface area contributed by atoms with E-state index in [1.54, 1.807) is 12.3 Å². The van der Waals surface area contributed by atoms with E-state index < -0.39 is 0 Å². The molecule has 0 radical (unpaired) electrons. The molecular weight excluding hydrogens is 257 g/mol. The zero-order valence-electron chi connectivity index (χ0n) is 9.24. The van der Waals surface area contributed by atoms with Gasteiger partial charge in [0.25, 0.3) is 0 Å². The topological polar surface area (TPSA) is 37.8 Å². The Bertz CT molecular complexity index is 512. The predicted molar refractivity (Wildman–Crippen MR) is 70.6 cm³/mol. The van der Waals surface area contributed by atoms with Crippen LogP contribution >= 0.6 is 23.2 Å². The van der Waals surface area contributed by atoms with E-state index in [4.69, 9.17) is 23.2 Å². The summed E-state index contributed by atoms with van der Waals surface area (Å²) in [5.74, 6) is 0.622. The number of aryl methyl sites for hydroxylation is 1. The second-order valence-corrected chi connectivity index (χ2v) is 4.49. The SMILES string of the molecule is Cc1ccc(CNc2ncc(Cl)cc2Cl)cn1. The first kappa shape index (κ1) is 12.1. The maximum absolute atomic E-state index is 6.00. The monoisotopic (exact) mass is 267 g/mol. The number of hydrogen-bond acceptors (Lipinski definition) is 3. The lowest BCUT2D eigenvalue weighted by atomic mass is 10.2. The first-order chi connectivity index (χ1) is 8.15. The Kier molecular flexibility index (Phi) is 3.82. The minimum absolute atomic E-state index is 0.512. The number of pyridine rings is 2. The molecule has 5 heteroatoms. The van der Waals surface area contributed by atoms with Gasteiger partial charge in [0.1, 0.15) is 5.82 Å². The van der Waals surface area contributed by atoms with Crippen LogP contribution in [0.4, 0.5) is 5.82 Å². The fourth-order valence-electron chi connectivity index (χ4n) is 1.33. The molecule has 0 fully saturated rings. The summed E-state index contributed by atoms with van der Waals surface area (Å²) in [6, 6.07) is 5.64. The van der Waals surface area contributed by atoms with Crippen molar-refractivity contribution in [2.75, 3.05) is 5.32 Å². The molecule has 2 heterocycles. The molecular formula is C12H11Cl2N3. The van der Waals surface area contributed by atoms with Gasteiger partial charge in [-0.15, -0.1) is 0 Å². The van der Waals surface area contributed by atoms with Gasteiger partial charge in [-0.3, -0.25) is 4.98 Å². The molecule has 2 aromatic heterocycles. The van der Waals surface area contributed by atoms with Gasteiger partial charge < -0.3 is 5.32 Å². The van der Waals surface area contributed by atoms with Crippen molar-refractivity contribution in [3.63, 3.8) is 0 Å². The lowest BCUT2D eigenvalue weighted by molar-refractivity contribution is 1.07. The minimum Gasteiger partial charge on any atom is -0.365 e. The first-order valence-electron chi connectivity index (χ1n) is 5.11. The summed E-state index contributed by atoms with van der Waals surface area (Å²) in [7, 11) is 0. The summed E-state index contributed by atoms with van der Waals surface area (Å²) in [5.41, 5.74) is 2.07. The molecule has 0 unspecified atom stereocenters. The van der Waals surface area contributed by atoms with Gasteiger partial charge >= 0.3 is 0 Å². The Hall–Kier alpha value is -1.32. The number of nitrogens with one attached hydrogen (secondary N) is 1. The van der Waals surface area contributed by atoms with Gasteiger partial charge in [-0.2, -0.15) is 0 Å². The Labute approximate surface area is 110 Å². The Morgan fingerprint density at radius 3 is 2.65 bits per heavy atom. The van der Waals surface area contributed by atoms with Gasteiger partial charge in [0.15, 0.2) is 0 Å². The molecule has 0 bridgehead atoms. The van der Waals surface area contributed by atoms with E-state index in [1.165, 1.54) is 0 Å². The number of aromatic nitrogens is 2. The first-order valence-corrected chi connectivity index (χ1v) is 5.87. The van der Waals surface area contributed by atoms with Gasteiger partial charge in [-0.25, -0.2) is 4.98 Å². The van der Waals surface area contributed by atoms with E-state index in [9.17, 15) is 0 Å². The van der Waals surface area contributed by atoms with Crippen LogP contribution in [0.25, 0.3) is 0 Å². The van der Waals surface area contributed by atoms with E-state index in [2.05, 4.69) is 15.3 Å². The van der Waals surface area contributed by atoms with Crippen LogP contribution in [0.15, 0.2) is 30.6 Å². The molecule has 2 rings (SSSR count). The molecule has 2 aromatic rings. The van der Waals surface area contributed by atoms with Crippen LogP contribution in [0.3, 0.4) is 0 Å². The van der Waals surface area contributed by atoms with Crippen LogP contribution < -0.4 is 5.32 Å². The molecule has 0 aromatic carbocycles. The van der Waals surface area contributed by atoms with E-state index in [0.717, 1.165) is 11.3 Å². The Balaban J connectivity index is 2.04. The van der Waals surface area contributed by atoms with Crippen LogP contribution in [-0.4, -0.2) is 9.97 Å². The third-order valence-electron chi connectivity index (χ3n) is 2.24. The number of halogens is 2. The maximum atomic E-state index is 6.00. The quantitative estimate of drug-likeness (QED) is 0.922. The van der Waals surface area contributed by atoms with Crippen LogP contribution in [0.5, 0.6) is 0 Å². The average Bonchev–Trinajstić information content (AvgIpc) is 2.30. The van der Waals surface area contributed by atoms with Crippen molar-refractivity contribution in [2.45, 2.75) is 13.5 Å². The van der Waals surface area contributed by atoms with Crippen LogP contribution in [0.2, 0.25) is 10.0 Å². The highest BCUT2D eigenvalue weighted by atomic mass is 35.5. The summed E-state index contributed by atoms with van der Waals surface area (Å²) in [6.07, 6.45) is 3.38. The van der Waals surface area contributed by atoms with E-state index in [0.29, 0.717) is 22.4 Å². The van der Waals surface area contributed by atoms with E-state index >= 15 is 0 Å². The third-order valence-corrected chi connectivity index (χ3v) is 2.74. The van der Waals surface area contributed by atoms with Gasteiger partial charge in [-0.05, 0) is 24.6 Å². The average molecular weight is 268 g/mol. The summed E-state index contributed by atoms with van der Waals surface area (Å²) < 4.78 is 0. The zero-order valence-corrected chi connectivity index (χ0v) is 10.8. The summed E-state index contributed by atoms with van der Waals surface area (Å²) in [4.78, 5) is 8.33. The molecule has 0 spiro atoms. The Morgan fingerprint density at radius 2 is 2.00 bits per heavy atom. The molecule has 0 aliphatic carbocycles. The lowest BCUT2D eigenvalue weighted by Crippen LogP contribution is -2.02. The van der Waals surface area contributed by atoms with Gasteiger partial charge in [-0.1, -0.05) is 29.3 Å². The molecule has 0 aliphatic heterocycles. The van der Waals surface area contributed by atoms with Crippen LogP contribution in [0, 0.1) is 6.92 Å². The number of anilines is 1. The van der Waals surface area contributed by atoms with Gasteiger partial charge in [0.05, 0.1) is 10.0 Å². The molecule has 0 amide bonds. The van der Waals surface area contributed by atoms with Crippen molar-refractivity contribution < 1.29 is 0 Å². The zero-order chi connectivity index (χ0) is 12.3. The highest BCUT2D eigenvalue weighted by Crippen LogP contribution is 2.22. The molecule has 0 saturated carbocycles. The summed E-state index contributed by atoms with van der Waals surface area (Å²) >= 11 is 11.8. The molecule has 1 N–H and O–H groups in total. The second kappa shape index (κ2) is 5.34. The Morgan fingerprint density at radius 1 is 1.18 bits per heavy atom. The molecule has 88 valence electrons. The third kappa shape index (κ3) is 3.32. The standard InChI is InChI=1S/C12H11Cl2N3/c1-8-2-3-9(5-15-8)6-16-12-11(14)4-10(13)7-17-12/h2-5,7H,6H2,1H3,(H,16,17). The van der Waals surface area contributed by atoms with Crippen LogP contribution in [-0.2, 0) is 6.54 Å². The smallest absolute Gasteiger partial charge is 0.145 e. The molecule has 3 nitrogen and oxygen atoms in total. The van der Waals surface area contributed by atoms with Crippen LogP contribution in [0.1, 0.15) is 11.3 Å². The maximum Gasteiger partial charge on any atom is 0.145 e. The fourth-order valence-corrected chi connectivity index (χ4v) is 1.78. The van der Waals surface area contributed by atoms with E-state index in [1.807, 2.05) is 25.3 Å². The van der Waals surface area contributed by atoms with Gasteiger partial charge in [0, 0.05) is 24.6 Å². The highest BCUT2D eigenvalue weighted by molar-refractivity contribution is 6.35. The normalized spacial score (nSPS) is 10.3. The lowest BCUT2D eigenvalue weighted by Gasteiger charge is -2.07. The van der Waals surface area contributed by atoms with Crippen molar-refractivity contribution in [1.29, 1.82) is 0 Å². The summed E-state index contributed by atoms with van der Waals surface area (Å²) in [5, 5.41) is 4.17. The van der Waals surface area contributed by atoms with Gasteiger partial charge in [0.2, 0.25) is 0 Å². The number of rotatable bonds is 3. The summed E-state index contributed by atoms with van der Waals surface area (Å²) in [6.45, 7) is 2.58. The highest BCUT2D eigenvalue weighted by Gasteiger charge is 2.02. The van der Waals surface area contributed by atoms with Crippen molar-refractivity contribution in [1.82, 2.24) is 9.97 Å².